The number of halogens is 1. The molecule has 0 bridgehead atoms. The van der Waals surface area contributed by atoms with Gasteiger partial charge in [-0.05, 0) is 52.7 Å². The number of hydrogen-bond acceptors (Lipinski definition) is 3. The zero-order valence-corrected chi connectivity index (χ0v) is 21.1. The van der Waals surface area contributed by atoms with Gasteiger partial charge in [-0.1, -0.05) is 90.5 Å². The van der Waals surface area contributed by atoms with Crippen molar-refractivity contribution in [3.05, 3.63) is 132 Å². The molecule has 0 saturated heterocycles. The van der Waals surface area contributed by atoms with E-state index in [1.165, 1.54) is 0 Å². The molecule has 0 radical (unpaired) electrons. The summed E-state index contributed by atoms with van der Waals surface area (Å²) in [5.74, 6) is 0. The van der Waals surface area contributed by atoms with E-state index in [1.54, 1.807) is 40.9 Å². The molecule has 2 aromatic heterocycles. The number of nitrogens with zero attached hydrogens (tertiary/aromatic N) is 3. The Hall–Kier alpha value is -4.26. The van der Waals surface area contributed by atoms with E-state index < -0.39 is 10.0 Å². The van der Waals surface area contributed by atoms with Crippen LogP contribution in [-0.2, 0) is 10.0 Å². The largest absolute Gasteiger partial charge is 0.285 e. The van der Waals surface area contributed by atoms with E-state index in [4.69, 9.17) is 16.6 Å². The minimum absolute atomic E-state index is 0.125. The molecule has 0 aliphatic carbocycles. The SMILES string of the molecule is O=S(=O)(/N=c1/c(-c2ccccc2)c(-c2ccc(Cl)cc2)nc2ccccn12)c1ccc2ccccc2c1. The van der Waals surface area contributed by atoms with E-state index in [2.05, 4.69) is 4.40 Å². The summed E-state index contributed by atoms with van der Waals surface area (Å²) in [6.07, 6.45) is 1.77. The van der Waals surface area contributed by atoms with Crippen LogP contribution in [0.4, 0.5) is 0 Å². The first-order valence-electron chi connectivity index (χ1n) is 11.6. The van der Waals surface area contributed by atoms with Crippen molar-refractivity contribution in [1.29, 1.82) is 0 Å². The van der Waals surface area contributed by atoms with Crippen LogP contribution in [0.1, 0.15) is 0 Å². The Morgan fingerprint density at radius 1 is 0.703 bits per heavy atom. The lowest BCUT2D eigenvalue weighted by Gasteiger charge is -2.14. The molecule has 0 aliphatic rings. The van der Waals surface area contributed by atoms with Gasteiger partial charge in [0.05, 0.1) is 16.2 Å². The van der Waals surface area contributed by atoms with Crippen molar-refractivity contribution < 1.29 is 8.42 Å². The fourth-order valence-corrected chi connectivity index (χ4v) is 5.53. The quantitative estimate of drug-likeness (QED) is 0.257. The van der Waals surface area contributed by atoms with Crippen LogP contribution in [0.2, 0.25) is 5.02 Å². The minimum atomic E-state index is -4.08. The van der Waals surface area contributed by atoms with Crippen molar-refractivity contribution in [3.8, 4) is 22.4 Å². The van der Waals surface area contributed by atoms with Gasteiger partial charge in [0.25, 0.3) is 10.0 Å². The number of sulfonamides is 1. The molecule has 2 heterocycles. The summed E-state index contributed by atoms with van der Waals surface area (Å²) in [4.78, 5) is 5.05. The topological polar surface area (TPSA) is 63.8 Å². The molecular formula is C30H20ClN3O2S. The molecule has 0 N–H and O–H groups in total. The summed E-state index contributed by atoms with van der Waals surface area (Å²) < 4.78 is 33.6. The Labute approximate surface area is 219 Å². The summed E-state index contributed by atoms with van der Waals surface area (Å²) >= 11 is 6.16. The van der Waals surface area contributed by atoms with Gasteiger partial charge in [0, 0.05) is 16.8 Å². The number of rotatable bonds is 4. The Morgan fingerprint density at radius 2 is 1.41 bits per heavy atom. The van der Waals surface area contributed by atoms with Crippen LogP contribution < -0.4 is 5.49 Å². The van der Waals surface area contributed by atoms with Gasteiger partial charge in [-0.15, -0.1) is 4.40 Å². The van der Waals surface area contributed by atoms with Gasteiger partial charge in [0.2, 0.25) is 0 Å². The fraction of sp³-hybridized carbons (Fsp3) is 0. The number of fused-ring (bicyclic) bond motifs is 2. The zero-order chi connectivity index (χ0) is 25.4. The maximum atomic E-state index is 13.7. The van der Waals surface area contributed by atoms with Crippen LogP contribution in [0.25, 0.3) is 38.8 Å². The average Bonchev–Trinajstić information content (AvgIpc) is 2.93. The van der Waals surface area contributed by atoms with Crippen molar-refractivity contribution in [1.82, 2.24) is 9.38 Å². The van der Waals surface area contributed by atoms with Gasteiger partial charge in [-0.25, -0.2) is 4.98 Å². The normalized spacial score (nSPS) is 12.3. The van der Waals surface area contributed by atoms with E-state index in [0.29, 0.717) is 21.9 Å². The molecule has 7 heteroatoms. The Kier molecular flexibility index (Phi) is 5.83. The molecule has 0 atom stereocenters. The van der Waals surface area contributed by atoms with Crippen LogP contribution in [0.15, 0.2) is 131 Å². The highest BCUT2D eigenvalue weighted by Gasteiger charge is 2.19. The molecular weight excluding hydrogens is 502 g/mol. The zero-order valence-electron chi connectivity index (χ0n) is 19.5. The number of benzene rings is 4. The standard InChI is InChI=1S/C30H20ClN3O2S/c31-25-16-13-23(14-17-25)29-28(22-9-2-1-3-10-22)30(34-19-7-6-12-27(34)32-29)33-37(35,36)26-18-15-21-8-4-5-11-24(21)20-26/h1-20H/b33-30-. The summed E-state index contributed by atoms with van der Waals surface area (Å²) in [7, 11) is -4.08. The smallest absolute Gasteiger partial charge is 0.284 e. The number of aromatic nitrogens is 2. The van der Waals surface area contributed by atoms with Crippen molar-refractivity contribution in [2.75, 3.05) is 0 Å². The van der Waals surface area contributed by atoms with Crippen molar-refractivity contribution >= 4 is 38.0 Å². The molecule has 0 aliphatic heterocycles. The van der Waals surface area contributed by atoms with E-state index in [-0.39, 0.29) is 10.4 Å². The van der Waals surface area contributed by atoms with Gasteiger partial charge in [-0.3, -0.25) is 4.40 Å². The summed E-state index contributed by atoms with van der Waals surface area (Å²) in [6, 6.07) is 35.1. The predicted octanol–water partition coefficient (Wildman–Crippen LogP) is 6.76. The Morgan fingerprint density at radius 3 is 2.19 bits per heavy atom. The van der Waals surface area contributed by atoms with E-state index in [1.807, 2.05) is 84.9 Å². The highest BCUT2D eigenvalue weighted by molar-refractivity contribution is 7.90. The molecule has 0 fully saturated rings. The second-order valence-corrected chi connectivity index (χ2v) is 10.6. The van der Waals surface area contributed by atoms with Crippen LogP contribution >= 0.6 is 11.6 Å². The van der Waals surface area contributed by atoms with E-state index in [9.17, 15) is 8.42 Å². The molecule has 6 aromatic rings. The molecule has 4 aromatic carbocycles. The fourth-order valence-electron chi connectivity index (χ4n) is 4.37. The lowest BCUT2D eigenvalue weighted by atomic mass is 10.00. The Bertz CT molecular complexity index is 1950. The Balaban J connectivity index is 1.72. The summed E-state index contributed by atoms with van der Waals surface area (Å²) in [5, 5.41) is 2.39. The van der Waals surface area contributed by atoms with Crippen LogP contribution in [0.5, 0.6) is 0 Å². The second kappa shape index (κ2) is 9.32. The van der Waals surface area contributed by atoms with E-state index >= 15 is 0 Å². The molecule has 5 nitrogen and oxygen atoms in total. The lowest BCUT2D eigenvalue weighted by Crippen LogP contribution is -2.22. The van der Waals surface area contributed by atoms with Gasteiger partial charge in [-0.2, -0.15) is 8.42 Å². The lowest BCUT2D eigenvalue weighted by molar-refractivity contribution is 0.596. The first-order chi connectivity index (χ1) is 18.0. The van der Waals surface area contributed by atoms with Crippen LogP contribution in [0.3, 0.4) is 0 Å². The van der Waals surface area contributed by atoms with Crippen LogP contribution in [-0.4, -0.2) is 17.8 Å². The van der Waals surface area contributed by atoms with Crippen LogP contribution in [0, 0.1) is 0 Å². The maximum absolute atomic E-state index is 13.7. The third-order valence-electron chi connectivity index (χ3n) is 6.16. The third-order valence-corrected chi connectivity index (χ3v) is 7.67. The second-order valence-electron chi connectivity index (χ2n) is 8.54. The highest BCUT2D eigenvalue weighted by atomic mass is 35.5. The maximum Gasteiger partial charge on any atom is 0.284 e. The number of pyridine rings is 1. The molecule has 0 amide bonds. The van der Waals surface area contributed by atoms with Crippen molar-refractivity contribution in [2.45, 2.75) is 4.90 Å². The third kappa shape index (κ3) is 4.42. The minimum Gasteiger partial charge on any atom is -0.285 e. The molecule has 180 valence electrons. The molecule has 0 spiro atoms. The monoisotopic (exact) mass is 521 g/mol. The van der Waals surface area contributed by atoms with Gasteiger partial charge >= 0.3 is 0 Å². The van der Waals surface area contributed by atoms with Crippen molar-refractivity contribution in [2.24, 2.45) is 4.40 Å². The molecule has 6 rings (SSSR count). The van der Waals surface area contributed by atoms with Gasteiger partial charge in [0.15, 0.2) is 5.49 Å². The molecule has 37 heavy (non-hydrogen) atoms. The first-order valence-corrected chi connectivity index (χ1v) is 13.4. The van der Waals surface area contributed by atoms with E-state index in [0.717, 1.165) is 21.9 Å². The predicted molar refractivity (Wildman–Crippen MR) is 148 cm³/mol. The number of hydrogen-bond donors (Lipinski definition) is 0. The summed E-state index contributed by atoms with van der Waals surface area (Å²) in [6.45, 7) is 0. The summed E-state index contributed by atoms with van der Waals surface area (Å²) in [5.41, 5.74) is 3.66. The first kappa shape index (κ1) is 23.2. The molecule has 0 unspecified atom stereocenters. The van der Waals surface area contributed by atoms with Crippen molar-refractivity contribution in [3.63, 3.8) is 0 Å². The molecule has 0 saturated carbocycles. The van der Waals surface area contributed by atoms with Gasteiger partial charge < -0.3 is 0 Å². The van der Waals surface area contributed by atoms with Gasteiger partial charge in [0.1, 0.15) is 5.65 Å². The highest BCUT2D eigenvalue weighted by Crippen LogP contribution is 2.30. The average molecular weight is 522 g/mol.